The van der Waals surface area contributed by atoms with Gasteiger partial charge < -0.3 is 20.5 Å². The van der Waals surface area contributed by atoms with Crippen LogP contribution in [0.4, 0.5) is 0 Å². The molecule has 1 amide bonds. The number of aliphatic hydroxyl groups is 1. The summed E-state index contributed by atoms with van der Waals surface area (Å²) in [6.45, 7) is 3.06. The Labute approximate surface area is 96.6 Å². The summed E-state index contributed by atoms with van der Waals surface area (Å²) in [6, 6.07) is -0.182. The van der Waals surface area contributed by atoms with Gasteiger partial charge in [-0.25, -0.2) is 0 Å². The molecule has 5 nitrogen and oxygen atoms in total. The molecule has 1 saturated heterocycles. The number of methoxy groups -OCH3 is 1. The summed E-state index contributed by atoms with van der Waals surface area (Å²) in [7, 11) is 1.65. The zero-order valence-corrected chi connectivity index (χ0v) is 10.0. The summed E-state index contributed by atoms with van der Waals surface area (Å²) in [6.07, 6.45) is 2.03. The molecule has 0 aliphatic carbocycles. The third-order valence-corrected chi connectivity index (χ3v) is 2.87. The van der Waals surface area contributed by atoms with Crippen molar-refractivity contribution in [2.45, 2.75) is 44.4 Å². The van der Waals surface area contributed by atoms with E-state index in [0.717, 1.165) is 12.8 Å². The lowest BCUT2D eigenvalue weighted by Crippen LogP contribution is -2.43. The van der Waals surface area contributed by atoms with Gasteiger partial charge in [-0.05, 0) is 12.8 Å². The van der Waals surface area contributed by atoms with Crippen LogP contribution in [0.15, 0.2) is 0 Å². The summed E-state index contributed by atoms with van der Waals surface area (Å²) in [4.78, 5) is 11.7. The number of carbonyl (C=O) groups is 1. The van der Waals surface area contributed by atoms with E-state index >= 15 is 0 Å². The normalized spacial score (nSPS) is 26.7. The highest BCUT2D eigenvalue weighted by molar-refractivity contribution is 5.82. The van der Waals surface area contributed by atoms with Crippen molar-refractivity contribution in [3.8, 4) is 0 Å². The lowest BCUT2D eigenvalue weighted by Gasteiger charge is -2.14. The Morgan fingerprint density at radius 1 is 1.69 bits per heavy atom. The zero-order chi connectivity index (χ0) is 12.0. The molecule has 3 unspecified atom stereocenters. The first-order chi connectivity index (χ1) is 7.67. The van der Waals surface area contributed by atoms with Crippen molar-refractivity contribution in [1.29, 1.82) is 0 Å². The summed E-state index contributed by atoms with van der Waals surface area (Å²) in [5.74, 6) is -0.0466. The van der Waals surface area contributed by atoms with Crippen molar-refractivity contribution in [3.05, 3.63) is 0 Å². The maximum absolute atomic E-state index is 11.7. The fourth-order valence-electron chi connectivity index (χ4n) is 1.86. The third kappa shape index (κ3) is 4.08. The SMILES string of the molecule is CCCC(O)CNC(=O)C1CC(OC)CN1. The molecule has 0 bridgehead atoms. The quantitative estimate of drug-likeness (QED) is 0.583. The molecule has 0 spiro atoms. The van der Waals surface area contributed by atoms with E-state index in [2.05, 4.69) is 10.6 Å². The largest absolute Gasteiger partial charge is 0.391 e. The maximum atomic E-state index is 11.7. The second-order valence-electron chi connectivity index (χ2n) is 4.24. The molecule has 0 aromatic carbocycles. The first-order valence-corrected chi connectivity index (χ1v) is 5.89. The monoisotopic (exact) mass is 230 g/mol. The number of hydrogen-bond acceptors (Lipinski definition) is 4. The topological polar surface area (TPSA) is 70.6 Å². The highest BCUT2D eigenvalue weighted by Gasteiger charge is 2.29. The van der Waals surface area contributed by atoms with Gasteiger partial charge in [0.05, 0.1) is 18.2 Å². The fourth-order valence-corrected chi connectivity index (χ4v) is 1.86. The van der Waals surface area contributed by atoms with Crippen LogP contribution in [0.5, 0.6) is 0 Å². The van der Waals surface area contributed by atoms with E-state index in [1.54, 1.807) is 7.11 Å². The highest BCUT2D eigenvalue weighted by Crippen LogP contribution is 2.09. The van der Waals surface area contributed by atoms with Crippen LogP contribution < -0.4 is 10.6 Å². The van der Waals surface area contributed by atoms with Crippen molar-refractivity contribution in [3.63, 3.8) is 0 Å². The van der Waals surface area contributed by atoms with Gasteiger partial charge in [0.25, 0.3) is 0 Å². The first kappa shape index (κ1) is 13.4. The minimum atomic E-state index is -0.437. The lowest BCUT2D eigenvalue weighted by atomic mass is 10.1. The Bertz CT molecular complexity index is 223. The Hall–Kier alpha value is -0.650. The molecule has 0 saturated carbocycles. The predicted molar refractivity (Wildman–Crippen MR) is 61.1 cm³/mol. The molecule has 0 radical (unpaired) electrons. The molecule has 0 aromatic rings. The van der Waals surface area contributed by atoms with Crippen molar-refractivity contribution >= 4 is 5.91 Å². The second kappa shape index (κ2) is 6.83. The summed E-state index contributed by atoms with van der Waals surface area (Å²) in [5, 5.41) is 15.3. The van der Waals surface area contributed by atoms with E-state index in [1.807, 2.05) is 6.92 Å². The molecule has 0 aromatic heterocycles. The number of nitrogens with one attached hydrogen (secondary N) is 2. The van der Waals surface area contributed by atoms with Gasteiger partial charge in [0.1, 0.15) is 0 Å². The van der Waals surface area contributed by atoms with Gasteiger partial charge in [0.2, 0.25) is 5.91 Å². The number of aliphatic hydroxyl groups excluding tert-OH is 1. The second-order valence-corrected chi connectivity index (χ2v) is 4.24. The van der Waals surface area contributed by atoms with Crippen LogP contribution in [0.2, 0.25) is 0 Å². The summed E-state index contributed by atoms with van der Waals surface area (Å²) in [5.41, 5.74) is 0. The van der Waals surface area contributed by atoms with E-state index in [0.29, 0.717) is 19.5 Å². The molecule has 1 aliphatic rings. The molecule has 1 rings (SSSR count). The smallest absolute Gasteiger partial charge is 0.237 e. The molecule has 3 atom stereocenters. The van der Waals surface area contributed by atoms with Crippen molar-refractivity contribution < 1.29 is 14.6 Å². The molecular weight excluding hydrogens is 208 g/mol. The Morgan fingerprint density at radius 3 is 3.00 bits per heavy atom. The van der Waals surface area contributed by atoms with Gasteiger partial charge in [-0.15, -0.1) is 0 Å². The number of amides is 1. The van der Waals surface area contributed by atoms with Gasteiger partial charge in [-0.2, -0.15) is 0 Å². The van der Waals surface area contributed by atoms with Crippen LogP contribution in [-0.2, 0) is 9.53 Å². The van der Waals surface area contributed by atoms with Crippen LogP contribution in [0, 0.1) is 0 Å². The maximum Gasteiger partial charge on any atom is 0.237 e. The standard InChI is InChI=1S/C11H22N2O3/c1-3-4-8(14)6-13-11(15)10-5-9(16-2)7-12-10/h8-10,12,14H,3-7H2,1-2H3,(H,13,15). The van der Waals surface area contributed by atoms with Crippen LogP contribution in [-0.4, -0.2) is 49.5 Å². The molecule has 1 fully saturated rings. The zero-order valence-electron chi connectivity index (χ0n) is 10.0. The van der Waals surface area contributed by atoms with E-state index in [1.165, 1.54) is 0 Å². The van der Waals surface area contributed by atoms with E-state index in [9.17, 15) is 9.90 Å². The van der Waals surface area contributed by atoms with Crippen LogP contribution in [0.1, 0.15) is 26.2 Å². The first-order valence-electron chi connectivity index (χ1n) is 5.89. The van der Waals surface area contributed by atoms with Crippen molar-refractivity contribution in [2.75, 3.05) is 20.2 Å². The highest BCUT2D eigenvalue weighted by atomic mass is 16.5. The van der Waals surface area contributed by atoms with Crippen molar-refractivity contribution in [2.24, 2.45) is 0 Å². The number of carbonyl (C=O) groups excluding carboxylic acids is 1. The third-order valence-electron chi connectivity index (χ3n) is 2.87. The number of rotatable bonds is 6. The Kier molecular flexibility index (Phi) is 5.73. The van der Waals surface area contributed by atoms with E-state index < -0.39 is 6.10 Å². The lowest BCUT2D eigenvalue weighted by molar-refractivity contribution is -0.123. The van der Waals surface area contributed by atoms with Crippen LogP contribution in [0.3, 0.4) is 0 Å². The van der Waals surface area contributed by atoms with Crippen LogP contribution >= 0.6 is 0 Å². The molecule has 3 N–H and O–H groups in total. The molecule has 1 aliphatic heterocycles. The molecule has 5 heteroatoms. The summed E-state index contributed by atoms with van der Waals surface area (Å²) >= 11 is 0. The summed E-state index contributed by atoms with van der Waals surface area (Å²) < 4.78 is 5.16. The molecular formula is C11H22N2O3. The minimum absolute atomic E-state index is 0.0466. The Morgan fingerprint density at radius 2 is 2.44 bits per heavy atom. The van der Waals surface area contributed by atoms with E-state index in [4.69, 9.17) is 4.74 Å². The van der Waals surface area contributed by atoms with E-state index in [-0.39, 0.29) is 18.1 Å². The van der Waals surface area contributed by atoms with Gasteiger partial charge in [0, 0.05) is 20.2 Å². The van der Waals surface area contributed by atoms with Crippen molar-refractivity contribution in [1.82, 2.24) is 10.6 Å². The average molecular weight is 230 g/mol. The number of ether oxygens (including phenoxy) is 1. The molecule has 16 heavy (non-hydrogen) atoms. The predicted octanol–water partition coefficient (Wildman–Crippen LogP) is -0.359. The van der Waals surface area contributed by atoms with Gasteiger partial charge >= 0.3 is 0 Å². The van der Waals surface area contributed by atoms with Gasteiger partial charge in [0.15, 0.2) is 0 Å². The van der Waals surface area contributed by atoms with Crippen LogP contribution in [0.25, 0.3) is 0 Å². The number of hydrogen-bond donors (Lipinski definition) is 3. The average Bonchev–Trinajstić information content (AvgIpc) is 2.75. The fraction of sp³-hybridized carbons (Fsp3) is 0.909. The molecule has 1 heterocycles. The molecule has 94 valence electrons. The Balaban J connectivity index is 2.20. The minimum Gasteiger partial charge on any atom is -0.391 e. The van der Waals surface area contributed by atoms with Gasteiger partial charge in [-0.3, -0.25) is 4.79 Å². The van der Waals surface area contributed by atoms with Gasteiger partial charge in [-0.1, -0.05) is 13.3 Å².